The predicted octanol–water partition coefficient (Wildman–Crippen LogP) is 3.68. The van der Waals surface area contributed by atoms with Crippen LogP contribution < -0.4 is 10.1 Å². The molecule has 0 saturated carbocycles. The Bertz CT molecular complexity index is 955. The number of thiazole rings is 1. The molecule has 1 N–H and O–H groups in total. The smallest absolute Gasteiger partial charge is 0.223 e. The minimum atomic E-state index is 0.0207. The average Bonchev–Trinajstić information content (AvgIpc) is 3.18. The summed E-state index contributed by atoms with van der Waals surface area (Å²) in [4.78, 5) is 22.8. The molecule has 4 rings (SSSR count). The number of rotatable bonds is 6. The van der Waals surface area contributed by atoms with Gasteiger partial charge in [-0.2, -0.15) is 0 Å². The van der Waals surface area contributed by atoms with E-state index in [1.54, 1.807) is 24.6 Å². The van der Waals surface area contributed by atoms with Crippen molar-refractivity contribution in [2.75, 3.05) is 13.7 Å². The Kier molecular flexibility index (Phi) is 5.67. The minimum absolute atomic E-state index is 0.0207. The lowest BCUT2D eigenvalue weighted by Gasteiger charge is -2.20. The number of hydrogen-bond donors (Lipinski definition) is 1. The van der Waals surface area contributed by atoms with Crippen molar-refractivity contribution >= 4 is 17.2 Å². The first kappa shape index (κ1) is 18.6. The highest BCUT2D eigenvalue weighted by Crippen LogP contribution is 2.34. The van der Waals surface area contributed by atoms with Crippen molar-refractivity contribution in [1.82, 2.24) is 15.3 Å². The van der Waals surface area contributed by atoms with Gasteiger partial charge < -0.3 is 10.1 Å². The molecule has 1 unspecified atom stereocenters. The molecule has 1 atom stereocenters. The number of hydrogen-bond acceptors (Lipinski definition) is 5. The SMILES string of the molecule is COc1ccccc1CCNC(=O)C1CCc2nc(-c3cccnc3)sc2C1. The van der Waals surface area contributed by atoms with E-state index in [-0.39, 0.29) is 11.8 Å². The van der Waals surface area contributed by atoms with Crippen molar-refractivity contribution in [3.8, 4) is 16.3 Å². The van der Waals surface area contributed by atoms with Crippen LogP contribution in [0.25, 0.3) is 10.6 Å². The van der Waals surface area contributed by atoms with Crippen molar-refractivity contribution in [2.45, 2.75) is 25.7 Å². The molecule has 6 heteroatoms. The summed E-state index contributed by atoms with van der Waals surface area (Å²) in [5.74, 6) is 1.02. The molecule has 0 fully saturated rings. The molecule has 1 aliphatic rings. The molecule has 0 bridgehead atoms. The highest BCUT2D eigenvalue weighted by atomic mass is 32.1. The van der Waals surface area contributed by atoms with E-state index < -0.39 is 0 Å². The number of methoxy groups -OCH3 is 1. The zero-order valence-electron chi connectivity index (χ0n) is 15.9. The molecule has 1 aliphatic carbocycles. The number of para-hydroxylation sites is 1. The number of ether oxygens (including phenoxy) is 1. The Morgan fingerprint density at radius 1 is 1.29 bits per heavy atom. The van der Waals surface area contributed by atoms with E-state index in [4.69, 9.17) is 9.72 Å². The van der Waals surface area contributed by atoms with E-state index in [2.05, 4.69) is 10.3 Å². The number of aryl methyl sites for hydroxylation is 1. The number of nitrogens with one attached hydrogen (secondary N) is 1. The number of amides is 1. The number of fused-ring (bicyclic) bond motifs is 1. The summed E-state index contributed by atoms with van der Waals surface area (Å²) in [7, 11) is 1.67. The highest BCUT2D eigenvalue weighted by molar-refractivity contribution is 7.15. The molecular formula is C22H23N3O2S. The van der Waals surface area contributed by atoms with Crippen LogP contribution in [0.15, 0.2) is 48.8 Å². The van der Waals surface area contributed by atoms with Crippen LogP contribution in [0, 0.1) is 5.92 Å². The zero-order valence-corrected chi connectivity index (χ0v) is 16.7. The highest BCUT2D eigenvalue weighted by Gasteiger charge is 2.27. The molecule has 5 nitrogen and oxygen atoms in total. The van der Waals surface area contributed by atoms with Gasteiger partial charge in [-0.05, 0) is 49.4 Å². The fraction of sp³-hybridized carbons (Fsp3) is 0.318. The molecule has 2 heterocycles. The molecule has 0 aliphatic heterocycles. The van der Waals surface area contributed by atoms with Crippen LogP contribution in [-0.4, -0.2) is 29.5 Å². The van der Waals surface area contributed by atoms with E-state index in [9.17, 15) is 4.79 Å². The monoisotopic (exact) mass is 393 g/mol. The summed E-state index contributed by atoms with van der Waals surface area (Å²) < 4.78 is 5.37. The quantitative estimate of drug-likeness (QED) is 0.694. The summed E-state index contributed by atoms with van der Waals surface area (Å²) in [5.41, 5.74) is 3.29. The molecule has 3 aromatic rings. The lowest BCUT2D eigenvalue weighted by atomic mass is 9.90. The van der Waals surface area contributed by atoms with Crippen LogP contribution in [-0.2, 0) is 24.1 Å². The van der Waals surface area contributed by atoms with Gasteiger partial charge in [-0.3, -0.25) is 9.78 Å². The van der Waals surface area contributed by atoms with Gasteiger partial charge >= 0.3 is 0 Å². The maximum absolute atomic E-state index is 12.7. The second kappa shape index (κ2) is 8.52. The Morgan fingerprint density at radius 3 is 3.00 bits per heavy atom. The first-order valence-corrected chi connectivity index (χ1v) is 10.3. The molecule has 144 valence electrons. The van der Waals surface area contributed by atoms with E-state index in [0.717, 1.165) is 53.3 Å². The Hall–Kier alpha value is -2.73. The van der Waals surface area contributed by atoms with E-state index in [1.807, 2.05) is 42.6 Å². The molecule has 1 aromatic carbocycles. The second-order valence-corrected chi connectivity index (χ2v) is 8.01. The van der Waals surface area contributed by atoms with E-state index >= 15 is 0 Å². The lowest BCUT2D eigenvalue weighted by molar-refractivity contribution is -0.125. The third kappa shape index (κ3) is 4.07. The van der Waals surface area contributed by atoms with Gasteiger partial charge in [0.15, 0.2) is 0 Å². The first-order valence-electron chi connectivity index (χ1n) is 9.53. The van der Waals surface area contributed by atoms with Crippen molar-refractivity contribution < 1.29 is 9.53 Å². The van der Waals surface area contributed by atoms with Gasteiger partial charge in [0.2, 0.25) is 5.91 Å². The second-order valence-electron chi connectivity index (χ2n) is 6.92. The van der Waals surface area contributed by atoms with Gasteiger partial charge in [-0.15, -0.1) is 11.3 Å². The number of nitrogens with zero attached hydrogens (tertiary/aromatic N) is 2. The summed E-state index contributed by atoms with van der Waals surface area (Å²) in [6, 6.07) is 11.9. The molecular weight excluding hydrogens is 370 g/mol. The van der Waals surface area contributed by atoms with Crippen LogP contribution in [0.5, 0.6) is 5.75 Å². The average molecular weight is 394 g/mol. The van der Waals surface area contributed by atoms with Crippen LogP contribution in [0.3, 0.4) is 0 Å². The van der Waals surface area contributed by atoms with Gasteiger partial charge in [0.05, 0.1) is 12.8 Å². The van der Waals surface area contributed by atoms with Crippen LogP contribution in [0.1, 0.15) is 22.6 Å². The molecule has 0 spiro atoms. The normalized spacial score (nSPS) is 15.7. The van der Waals surface area contributed by atoms with Crippen LogP contribution in [0.2, 0.25) is 0 Å². The predicted molar refractivity (Wildman–Crippen MR) is 111 cm³/mol. The van der Waals surface area contributed by atoms with E-state index in [0.29, 0.717) is 6.54 Å². The molecule has 0 radical (unpaired) electrons. The van der Waals surface area contributed by atoms with E-state index in [1.165, 1.54) is 4.88 Å². The number of aromatic nitrogens is 2. The molecule has 0 saturated heterocycles. The maximum atomic E-state index is 12.7. The molecule has 1 amide bonds. The van der Waals surface area contributed by atoms with Crippen LogP contribution in [0.4, 0.5) is 0 Å². The van der Waals surface area contributed by atoms with Crippen molar-refractivity contribution in [3.63, 3.8) is 0 Å². The number of pyridine rings is 1. The molecule has 28 heavy (non-hydrogen) atoms. The number of carbonyl (C=O) groups is 1. The lowest BCUT2D eigenvalue weighted by Crippen LogP contribution is -2.35. The van der Waals surface area contributed by atoms with Gasteiger partial charge in [-0.1, -0.05) is 18.2 Å². The summed E-state index contributed by atoms with van der Waals surface area (Å²) in [6.45, 7) is 0.617. The van der Waals surface area contributed by atoms with Crippen molar-refractivity contribution in [2.24, 2.45) is 5.92 Å². The maximum Gasteiger partial charge on any atom is 0.223 e. The Balaban J connectivity index is 1.35. The van der Waals surface area contributed by atoms with Gasteiger partial charge in [0.1, 0.15) is 10.8 Å². The number of carbonyl (C=O) groups excluding carboxylic acids is 1. The van der Waals surface area contributed by atoms with Crippen molar-refractivity contribution in [3.05, 3.63) is 64.9 Å². The van der Waals surface area contributed by atoms with Crippen LogP contribution >= 0.6 is 11.3 Å². The standard InChI is InChI=1S/C22H23N3O2S/c1-27-19-7-3-2-5-15(19)10-12-24-21(26)16-8-9-18-20(13-16)28-22(25-18)17-6-4-11-23-14-17/h2-7,11,14,16H,8-10,12-13H2,1H3,(H,24,26). The van der Waals surface area contributed by atoms with Gasteiger partial charge in [0.25, 0.3) is 0 Å². The topological polar surface area (TPSA) is 64.1 Å². The third-order valence-electron chi connectivity index (χ3n) is 5.11. The number of benzene rings is 1. The molecule has 2 aromatic heterocycles. The third-order valence-corrected chi connectivity index (χ3v) is 6.27. The summed E-state index contributed by atoms with van der Waals surface area (Å²) in [6.07, 6.45) is 6.85. The zero-order chi connectivity index (χ0) is 19.3. The fourth-order valence-electron chi connectivity index (χ4n) is 3.59. The summed E-state index contributed by atoms with van der Waals surface area (Å²) in [5, 5.41) is 4.10. The van der Waals surface area contributed by atoms with Crippen molar-refractivity contribution in [1.29, 1.82) is 0 Å². The Morgan fingerprint density at radius 2 is 2.18 bits per heavy atom. The van der Waals surface area contributed by atoms with Gasteiger partial charge in [-0.25, -0.2) is 4.98 Å². The summed E-state index contributed by atoms with van der Waals surface area (Å²) >= 11 is 1.69. The Labute approximate surface area is 168 Å². The first-order chi connectivity index (χ1) is 13.7. The van der Waals surface area contributed by atoms with Gasteiger partial charge in [0, 0.05) is 35.3 Å². The minimum Gasteiger partial charge on any atom is -0.496 e. The largest absolute Gasteiger partial charge is 0.496 e. The fourth-order valence-corrected chi connectivity index (χ4v) is 4.76.